The van der Waals surface area contributed by atoms with Crippen LogP contribution in [0.2, 0.25) is 0 Å². The van der Waals surface area contributed by atoms with Crippen molar-refractivity contribution in [2.24, 2.45) is 0 Å². The number of hydrogen-bond donors (Lipinski definition) is 0. The van der Waals surface area contributed by atoms with E-state index in [1.54, 1.807) is 38.6 Å². The van der Waals surface area contributed by atoms with Gasteiger partial charge in [-0.3, -0.25) is 4.79 Å². The molecule has 1 heterocycles. The van der Waals surface area contributed by atoms with Crippen molar-refractivity contribution in [2.75, 3.05) is 14.2 Å². The lowest BCUT2D eigenvalue weighted by Gasteiger charge is -2.07. The van der Waals surface area contributed by atoms with E-state index in [4.69, 9.17) is 9.47 Å². The normalized spacial score (nSPS) is 10.3. The fourth-order valence-electron chi connectivity index (χ4n) is 2.26. The largest absolute Gasteiger partial charge is 0.497 e. The molecule has 3 aromatic rings. The lowest BCUT2D eigenvalue weighted by Crippen LogP contribution is -2.13. The Labute approximate surface area is 134 Å². The van der Waals surface area contributed by atoms with Crippen molar-refractivity contribution in [3.8, 4) is 22.8 Å². The van der Waals surface area contributed by atoms with Crippen LogP contribution >= 0.6 is 0 Å². The molecule has 0 atom stereocenters. The number of aromatic nitrogens is 2. The molecule has 0 fully saturated rings. The van der Waals surface area contributed by atoms with Gasteiger partial charge in [0.15, 0.2) is 0 Å². The van der Waals surface area contributed by atoms with Crippen LogP contribution in [-0.2, 0) is 0 Å². The average Bonchev–Trinajstić information content (AvgIpc) is 3.11. The van der Waals surface area contributed by atoms with Crippen LogP contribution in [0.4, 0.5) is 0 Å². The highest BCUT2D eigenvalue weighted by Gasteiger charge is 2.14. The zero-order valence-electron chi connectivity index (χ0n) is 12.9. The number of carbonyl (C=O) groups is 1. The number of benzene rings is 2. The molecule has 0 bridgehead atoms. The van der Waals surface area contributed by atoms with E-state index in [1.807, 2.05) is 36.4 Å². The minimum absolute atomic E-state index is 0.246. The molecule has 3 rings (SSSR count). The van der Waals surface area contributed by atoms with Gasteiger partial charge in [-0.25, -0.2) is 4.68 Å². The Hall–Kier alpha value is -3.08. The molecular formula is C18H16N2O3. The average molecular weight is 308 g/mol. The molecule has 23 heavy (non-hydrogen) atoms. The minimum atomic E-state index is -0.246. The van der Waals surface area contributed by atoms with Crippen molar-refractivity contribution < 1.29 is 14.3 Å². The van der Waals surface area contributed by atoms with Crippen LogP contribution in [0.5, 0.6) is 11.5 Å². The lowest BCUT2D eigenvalue weighted by molar-refractivity contribution is 0.0944. The highest BCUT2D eigenvalue weighted by Crippen LogP contribution is 2.23. The van der Waals surface area contributed by atoms with E-state index in [2.05, 4.69) is 5.10 Å². The third-order valence-electron chi connectivity index (χ3n) is 3.47. The SMILES string of the molecule is COc1cc(OC)cc(C(=O)n2ccc(-c3ccccc3)n2)c1. The van der Waals surface area contributed by atoms with Gasteiger partial charge in [0.1, 0.15) is 11.5 Å². The molecule has 5 nitrogen and oxygen atoms in total. The molecule has 0 aliphatic heterocycles. The maximum absolute atomic E-state index is 12.6. The molecular weight excluding hydrogens is 292 g/mol. The van der Waals surface area contributed by atoms with Gasteiger partial charge >= 0.3 is 0 Å². The van der Waals surface area contributed by atoms with Crippen LogP contribution in [0.15, 0.2) is 60.8 Å². The lowest BCUT2D eigenvalue weighted by atomic mass is 10.2. The van der Waals surface area contributed by atoms with Gasteiger partial charge in [-0.1, -0.05) is 30.3 Å². The van der Waals surface area contributed by atoms with Crippen molar-refractivity contribution in [3.05, 3.63) is 66.4 Å². The summed E-state index contributed by atoms with van der Waals surface area (Å²) >= 11 is 0. The van der Waals surface area contributed by atoms with Gasteiger partial charge in [-0.05, 0) is 18.2 Å². The first-order chi connectivity index (χ1) is 11.2. The van der Waals surface area contributed by atoms with Crippen molar-refractivity contribution in [1.82, 2.24) is 9.78 Å². The molecule has 116 valence electrons. The Balaban J connectivity index is 1.94. The molecule has 0 N–H and O–H groups in total. The Bertz CT molecular complexity index is 803. The molecule has 0 spiro atoms. The van der Waals surface area contributed by atoms with E-state index < -0.39 is 0 Å². The van der Waals surface area contributed by atoms with Gasteiger partial charge in [0.25, 0.3) is 5.91 Å². The first-order valence-electron chi connectivity index (χ1n) is 7.10. The monoisotopic (exact) mass is 308 g/mol. The second-order valence-corrected chi connectivity index (χ2v) is 4.92. The summed E-state index contributed by atoms with van der Waals surface area (Å²) in [6.07, 6.45) is 1.65. The van der Waals surface area contributed by atoms with Gasteiger partial charge in [0.2, 0.25) is 0 Å². The summed E-state index contributed by atoms with van der Waals surface area (Å²) < 4.78 is 11.7. The summed E-state index contributed by atoms with van der Waals surface area (Å²) in [6, 6.07) is 16.6. The summed E-state index contributed by atoms with van der Waals surface area (Å²) in [7, 11) is 3.09. The van der Waals surface area contributed by atoms with E-state index in [1.165, 1.54) is 4.68 Å². The first-order valence-corrected chi connectivity index (χ1v) is 7.10. The number of hydrogen-bond acceptors (Lipinski definition) is 4. The van der Waals surface area contributed by atoms with Crippen molar-refractivity contribution in [2.45, 2.75) is 0 Å². The fraction of sp³-hybridized carbons (Fsp3) is 0.111. The standard InChI is InChI=1S/C18H16N2O3/c1-22-15-10-14(11-16(12-15)23-2)18(21)20-9-8-17(19-20)13-6-4-3-5-7-13/h3-12H,1-2H3. The van der Waals surface area contributed by atoms with Crippen LogP contribution in [0, 0.1) is 0 Å². The van der Waals surface area contributed by atoms with E-state index in [9.17, 15) is 4.79 Å². The molecule has 0 amide bonds. The number of carbonyl (C=O) groups excluding carboxylic acids is 1. The van der Waals surface area contributed by atoms with Crippen LogP contribution in [-0.4, -0.2) is 29.9 Å². The molecule has 0 saturated carbocycles. The first kappa shape index (κ1) is 14.8. The van der Waals surface area contributed by atoms with Gasteiger partial charge in [0, 0.05) is 23.4 Å². The Kier molecular flexibility index (Phi) is 4.10. The van der Waals surface area contributed by atoms with Crippen LogP contribution in [0.1, 0.15) is 10.4 Å². The number of rotatable bonds is 4. The fourth-order valence-corrected chi connectivity index (χ4v) is 2.26. The molecule has 5 heteroatoms. The van der Waals surface area contributed by atoms with Crippen molar-refractivity contribution in [1.29, 1.82) is 0 Å². The van der Waals surface area contributed by atoms with Gasteiger partial charge in [-0.2, -0.15) is 5.10 Å². The summed E-state index contributed by atoms with van der Waals surface area (Å²) in [6.45, 7) is 0. The maximum atomic E-state index is 12.6. The van der Waals surface area contributed by atoms with Crippen LogP contribution in [0.3, 0.4) is 0 Å². The molecule has 0 aliphatic rings. The second-order valence-electron chi connectivity index (χ2n) is 4.92. The van der Waals surface area contributed by atoms with Gasteiger partial charge in [-0.15, -0.1) is 0 Å². The predicted octanol–water partition coefficient (Wildman–Crippen LogP) is 3.26. The quantitative estimate of drug-likeness (QED) is 0.742. The van der Waals surface area contributed by atoms with E-state index in [0.29, 0.717) is 17.1 Å². The highest BCUT2D eigenvalue weighted by atomic mass is 16.5. The number of nitrogens with zero attached hydrogens (tertiary/aromatic N) is 2. The Morgan fingerprint density at radius 3 is 2.22 bits per heavy atom. The molecule has 0 aliphatic carbocycles. The zero-order valence-corrected chi connectivity index (χ0v) is 12.9. The summed E-state index contributed by atoms with van der Waals surface area (Å²) in [5.74, 6) is 0.871. The van der Waals surface area contributed by atoms with Gasteiger partial charge in [0.05, 0.1) is 19.9 Å². The van der Waals surface area contributed by atoms with E-state index in [0.717, 1.165) is 11.3 Å². The molecule has 2 aromatic carbocycles. The minimum Gasteiger partial charge on any atom is -0.497 e. The number of methoxy groups -OCH3 is 2. The summed E-state index contributed by atoms with van der Waals surface area (Å²) in [4.78, 5) is 12.6. The topological polar surface area (TPSA) is 53.4 Å². The Morgan fingerprint density at radius 2 is 1.61 bits per heavy atom. The third kappa shape index (κ3) is 3.08. The number of ether oxygens (including phenoxy) is 2. The molecule has 1 aromatic heterocycles. The predicted molar refractivity (Wildman–Crippen MR) is 86.9 cm³/mol. The highest BCUT2D eigenvalue weighted by molar-refractivity contribution is 5.96. The molecule has 0 saturated heterocycles. The summed E-state index contributed by atoms with van der Waals surface area (Å²) in [5.41, 5.74) is 2.15. The zero-order chi connectivity index (χ0) is 16.2. The maximum Gasteiger partial charge on any atom is 0.278 e. The summed E-state index contributed by atoms with van der Waals surface area (Å²) in [5, 5.41) is 4.35. The molecule has 0 radical (unpaired) electrons. The van der Waals surface area contributed by atoms with E-state index in [-0.39, 0.29) is 5.91 Å². The van der Waals surface area contributed by atoms with E-state index >= 15 is 0 Å². The Morgan fingerprint density at radius 1 is 0.957 bits per heavy atom. The third-order valence-corrected chi connectivity index (χ3v) is 3.47. The van der Waals surface area contributed by atoms with Gasteiger partial charge < -0.3 is 9.47 Å². The molecule has 0 unspecified atom stereocenters. The smallest absolute Gasteiger partial charge is 0.278 e. The van der Waals surface area contributed by atoms with Crippen molar-refractivity contribution in [3.63, 3.8) is 0 Å². The van der Waals surface area contributed by atoms with Crippen LogP contribution in [0.25, 0.3) is 11.3 Å². The van der Waals surface area contributed by atoms with Crippen LogP contribution < -0.4 is 9.47 Å². The second kappa shape index (κ2) is 6.36. The van der Waals surface area contributed by atoms with Crippen molar-refractivity contribution >= 4 is 5.91 Å².